The van der Waals surface area contributed by atoms with Crippen LogP contribution in [-0.2, 0) is 16.6 Å². The molecular weight excluding hydrogens is 478 g/mol. The molecule has 1 saturated heterocycles. The lowest BCUT2D eigenvalue weighted by Gasteiger charge is -2.31. The van der Waals surface area contributed by atoms with E-state index in [0.717, 1.165) is 35.0 Å². The second kappa shape index (κ2) is 8.92. The highest BCUT2D eigenvalue weighted by Gasteiger charge is 2.31. The van der Waals surface area contributed by atoms with Gasteiger partial charge in [0.15, 0.2) is 0 Å². The molecule has 2 aromatic heterocycles. The van der Waals surface area contributed by atoms with Gasteiger partial charge in [-0.1, -0.05) is 0 Å². The molecule has 1 aliphatic heterocycles. The summed E-state index contributed by atoms with van der Waals surface area (Å²) in [6.45, 7) is 7.88. The van der Waals surface area contributed by atoms with Crippen LogP contribution >= 0.6 is 15.9 Å². The van der Waals surface area contributed by atoms with Crippen molar-refractivity contribution < 1.29 is 13.2 Å². The van der Waals surface area contributed by atoms with Crippen LogP contribution in [0, 0.1) is 0 Å². The molecule has 0 N–H and O–H groups in total. The first-order valence-corrected chi connectivity index (χ1v) is 12.9. The number of halogens is 1. The fraction of sp³-hybridized carbons (Fsp3) is 0.435. The molecule has 1 aliphatic rings. The van der Waals surface area contributed by atoms with Gasteiger partial charge in [-0.15, -0.1) is 0 Å². The van der Waals surface area contributed by atoms with Gasteiger partial charge in [0.05, 0.1) is 11.0 Å². The van der Waals surface area contributed by atoms with Crippen LogP contribution in [0.15, 0.2) is 52.1 Å². The van der Waals surface area contributed by atoms with Crippen LogP contribution in [-0.4, -0.2) is 41.5 Å². The summed E-state index contributed by atoms with van der Waals surface area (Å²) in [5.41, 5.74) is 2.25. The molecule has 31 heavy (non-hydrogen) atoms. The SMILES string of the molecule is CCn1cc(C2CCN(S(=O)(=O)c3ccc(OC(C)C)cc3)CC2)c2ccc(Br)nc21. The van der Waals surface area contributed by atoms with Gasteiger partial charge in [-0.25, -0.2) is 13.4 Å². The van der Waals surface area contributed by atoms with Crippen LogP contribution in [0.25, 0.3) is 11.0 Å². The predicted molar refractivity (Wildman–Crippen MR) is 126 cm³/mol. The maximum absolute atomic E-state index is 13.1. The number of pyridine rings is 1. The quantitative estimate of drug-likeness (QED) is 0.433. The lowest BCUT2D eigenvalue weighted by Crippen LogP contribution is -2.37. The summed E-state index contributed by atoms with van der Waals surface area (Å²) in [5, 5.41) is 1.16. The van der Waals surface area contributed by atoms with E-state index >= 15 is 0 Å². The summed E-state index contributed by atoms with van der Waals surface area (Å²) in [6.07, 6.45) is 3.84. The van der Waals surface area contributed by atoms with Crippen molar-refractivity contribution in [2.75, 3.05) is 13.1 Å². The molecule has 0 radical (unpaired) electrons. The van der Waals surface area contributed by atoms with Crippen LogP contribution in [0.4, 0.5) is 0 Å². The fourth-order valence-corrected chi connectivity index (χ4v) is 6.02. The Morgan fingerprint density at radius 1 is 1.13 bits per heavy atom. The minimum atomic E-state index is -3.51. The number of aromatic nitrogens is 2. The molecule has 3 aromatic rings. The molecule has 6 nitrogen and oxygen atoms in total. The van der Waals surface area contributed by atoms with Crippen molar-refractivity contribution >= 4 is 37.0 Å². The Hall–Kier alpha value is -1.90. The molecule has 0 amide bonds. The van der Waals surface area contributed by atoms with E-state index in [1.54, 1.807) is 28.6 Å². The number of benzene rings is 1. The summed E-state index contributed by atoms with van der Waals surface area (Å²) < 4.78 is 36.5. The third-order valence-corrected chi connectivity index (χ3v) is 8.14. The smallest absolute Gasteiger partial charge is 0.243 e. The van der Waals surface area contributed by atoms with Crippen molar-refractivity contribution in [3.63, 3.8) is 0 Å². The van der Waals surface area contributed by atoms with E-state index in [2.05, 4.69) is 44.7 Å². The molecular formula is C23H28BrN3O3S. The third-order valence-electron chi connectivity index (χ3n) is 5.79. The highest BCUT2D eigenvalue weighted by molar-refractivity contribution is 9.10. The Kier molecular flexibility index (Phi) is 6.42. The van der Waals surface area contributed by atoms with E-state index in [0.29, 0.717) is 29.7 Å². The van der Waals surface area contributed by atoms with Gasteiger partial charge in [0.1, 0.15) is 16.0 Å². The van der Waals surface area contributed by atoms with E-state index in [4.69, 9.17) is 4.74 Å². The Bertz CT molecular complexity index is 1160. The lowest BCUT2D eigenvalue weighted by molar-refractivity contribution is 0.242. The first kappa shape index (κ1) is 22.3. The van der Waals surface area contributed by atoms with Gasteiger partial charge in [0, 0.05) is 31.2 Å². The van der Waals surface area contributed by atoms with E-state index < -0.39 is 10.0 Å². The Labute approximate surface area is 192 Å². The summed E-state index contributed by atoms with van der Waals surface area (Å²) in [5.74, 6) is 1.01. The first-order valence-electron chi connectivity index (χ1n) is 10.7. The maximum atomic E-state index is 13.1. The lowest BCUT2D eigenvalue weighted by atomic mass is 9.90. The number of hydrogen-bond donors (Lipinski definition) is 0. The molecule has 1 fully saturated rings. The monoisotopic (exact) mass is 505 g/mol. The number of piperidine rings is 1. The molecule has 1 aromatic carbocycles. The Morgan fingerprint density at radius 2 is 1.81 bits per heavy atom. The fourth-order valence-electron chi connectivity index (χ4n) is 4.25. The molecule has 0 aliphatic carbocycles. The van der Waals surface area contributed by atoms with Gasteiger partial charge in [0.2, 0.25) is 10.0 Å². The Balaban J connectivity index is 1.50. The van der Waals surface area contributed by atoms with Crippen molar-refractivity contribution in [2.24, 2.45) is 0 Å². The minimum absolute atomic E-state index is 0.0523. The average molecular weight is 506 g/mol. The van der Waals surface area contributed by atoms with Crippen molar-refractivity contribution in [1.29, 1.82) is 0 Å². The van der Waals surface area contributed by atoms with Crippen LogP contribution in [0.1, 0.15) is 45.1 Å². The largest absolute Gasteiger partial charge is 0.491 e. The predicted octanol–water partition coefficient (Wildman–Crippen LogP) is 5.17. The summed E-state index contributed by atoms with van der Waals surface area (Å²) in [7, 11) is -3.51. The molecule has 0 unspecified atom stereocenters. The van der Waals surface area contributed by atoms with Crippen LogP contribution in [0.3, 0.4) is 0 Å². The van der Waals surface area contributed by atoms with Crippen molar-refractivity contribution in [2.45, 2.75) is 57.1 Å². The zero-order chi connectivity index (χ0) is 22.2. The van der Waals surface area contributed by atoms with Crippen molar-refractivity contribution in [3.05, 3.63) is 52.8 Å². The van der Waals surface area contributed by atoms with Crippen LogP contribution in [0.2, 0.25) is 0 Å². The number of sulfonamides is 1. The zero-order valence-corrected chi connectivity index (χ0v) is 20.5. The van der Waals surface area contributed by atoms with E-state index in [1.807, 2.05) is 19.9 Å². The molecule has 0 bridgehead atoms. The number of aryl methyl sites for hydroxylation is 1. The number of nitrogens with zero attached hydrogens (tertiary/aromatic N) is 3. The molecule has 0 spiro atoms. The summed E-state index contributed by atoms with van der Waals surface area (Å²) >= 11 is 3.46. The van der Waals surface area contributed by atoms with E-state index in [-0.39, 0.29) is 6.10 Å². The third kappa shape index (κ3) is 4.52. The topological polar surface area (TPSA) is 64.4 Å². The molecule has 4 rings (SSSR count). The first-order chi connectivity index (χ1) is 14.8. The summed E-state index contributed by atoms with van der Waals surface area (Å²) in [6, 6.07) is 10.8. The van der Waals surface area contributed by atoms with Gasteiger partial charge in [0.25, 0.3) is 0 Å². The number of hydrogen-bond acceptors (Lipinski definition) is 4. The van der Waals surface area contributed by atoms with E-state index in [1.165, 1.54) is 5.56 Å². The van der Waals surface area contributed by atoms with Crippen LogP contribution < -0.4 is 4.74 Å². The maximum Gasteiger partial charge on any atom is 0.243 e. The van der Waals surface area contributed by atoms with Gasteiger partial charge in [-0.3, -0.25) is 0 Å². The van der Waals surface area contributed by atoms with E-state index in [9.17, 15) is 8.42 Å². The zero-order valence-electron chi connectivity index (χ0n) is 18.1. The minimum Gasteiger partial charge on any atom is -0.491 e. The van der Waals surface area contributed by atoms with Gasteiger partial charge >= 0.3 is 0 Å². The van der Waals surface area contributed by atoms with Gasteiger partial charge < -0.3 is 9.30 Å². The van der Waals surface area contributed by atoms with Crippen LogP contribution in [0.5, 0.6) is 5.75 Å². The van der Waals surface area contributed by atoms with Gasteiger partial charge in [-0.05, 0) is 97.4 Å². The average Bonchev–Trinajstić information content (AvgIpc) is 3.11. The molecule has 166 valence electrons. The Morgan fingerprint density at radius 3 is 2.42 bits per heavy atom. The highest BCUT2D eigenvalue weighted by Crippen LogP contribution is 2.36. The standard InChI is InChI=1S/C23H28BrN3O3S/c1-4-26-15-21(20-9-10-22(24)25-23(20)26)17-11-13-27(14-12-17)31(28,29)19-7-5-18(6-8-19)30-16(2)3/h5-10,15-17H,4,11-14H2,1-3H3. The summed E-state index contributed by atoms with van der Waals surface area (Å²) in [4.78, 5) is 4.96. The van der Waals surface area contributed by atoms with Gasteiger partial charge in [-0.2, -0.15) is 4.31 Å². The number of fused-ring (bicyclic) bond motifs is 1. The molecule has 3 heterocycles. The number of rotatable bonds is 6. The van der Waals surface area contributed by atoms with Crippen molar-refractivity contribution in [1.82, 2.24) is 13.9 Å². The molecule has 8 heteroatoms. The second-order valence-corrected chi connectivity index (χ2v) is 10.9. The number of ether oxygens (including phenoxy) is 1. The highest BCUT2D eigenvalue weighted by atomic mass is 79.9. The molecule has 0 saturated carbocycles. The van der Waals surface area contributed by atoms with Crippen molar-refractivity contribution in [3.8, 4) is 5.75 Å². The molecule has 0 atom stereocenters. The second-order valence-electron chi connectivity index (χ2n) is 8.19. The normalized spacial score (nSPS) is 16.3.